The topological polar surface area (TPSA) is 80.8 Å². The quantitative estimate of drug-likeness (QED) is 0.648. The van der Waals surface area contributed by atoms with Gasteiger partial charge >= 0.3 is 5.97 Å². The molecule has 0 saturated heterocycles. The maximum atomic E-state index is 11.6. The highest BCUT2D eigenvalue weighted by atomic mass is 32.1. The number of esters is 1. The molecule has 0 fully saturated rings. The molecule has 17 heavy (non-hydrogen) atoms. The average molecular weight is 248 g/mol. The fraction of sp³-hybridized carbons (Fsp3) is 0.200. The van der Waals surface area contributed by atoms with Crippen LogP contribution in [-0.2, 0) is 4.74 Å². The summed E-state index contributed by atoms with van der Waals surface area (Å²) in [6.45, 7) is 1.68. The summed E-state index contributed by atoms with van der Waals surface area (Å²) in [6, 6.07) is 0. The van der Waals surface area contributed by atoms with Crippen molar-refractivity contribution < 1.29 is 9.53 Å². The number of terminal acetylenes is 1. The zero-order chi connectivity index (χ0) is 12.3. The van der Waals surface area contributed by atoms with Crippen molar-refractivity contribution in [3.8, 4) is 23.2 Å². The fourth-order valence-electron chi connectivity index (χ4n) is 1.17. The Bertz CT molecular complexity index is 568. The van der Waals surface area contributed by atoms with Crippen LogP contribution >= 0.6 is 11.3 Å². The molecule has 0 aliphatic rings. The van der Waals surface area contributed by atoms with E-state index in [9.17, 15) is 4.79 Å². The lowest BCUT2D eigenvalue weighted by Crippen LogP contribution is -2.04. The van der Waals surface area contributed by atoms with E-state index < -0.39 is 5.97 Å². The van der Waals surface area contributed by atoms with Crippen molar-refractivity contribution in [3.63, 3.8) is 0 Å². The number of carbonyl (C=O) groups is 1. The Hall–Kier alpha value is -2.20. The number of ether oxygens (including phenoxy) is 1. The summed E-state index contributed by atoms with van der Waals surface area (Å²) in [5.74, 6) is 2.29. The lowest BCUT2D eigenvalue weighted by Gasteiger charge is -1.97. The van der Waals surface area contributed by atoms with E-state index in [1.807, 2.05) is 0 Å². The SMILES string of the molecule is C#CCOC(=O)c1sc(-c2ncn[nH]2)nc1C. The normalized spacial score (nSPS) is 9.88. The van der Waals surface area contributed by atoms with E-state index in [-0.39, 0.29) is 6.61 Å². The van der Waals surface area contributed by atoms with Gasteiger partial charge in [0.1, 0.15) is 11.2 Å². The van der Waals surface area contributed by atoms with Crippen LogP contribution in [0.1, 0.15) is 15.4 Å². The Labute approximate surface area is 101 Å². The molecule has 0 amide bonds. The summed E-state index contributed by atoms with van der Waals surface area (Å²) in [5, 5.41) is 6.99. The summed E-state index contributed by atoms with van der Waals surface area (Å²) >= 11 is 1.19. The molecule has 7 heteroatoms. The van der Waals surface area contributed by atoms with Gasteiger partial charge in [-0.2, -0.15) is 5.10 Å². The number of hydrogen-bond acceptors (Lipinski definition) is 6. The molecule has 2 aromatic rings. The van der Waals surface area contributed by atoms with Crippen molar-refractivity contribution in [3.05, 3.63) is 16.9 Å². The number of carbonyl (C=O) groups excluding carboxylic acids is 1. The number of nitrogens with zero attached hydrogens (tertiary/aromatic N) is 3. The van der Waals surface area contributed by atoms with Crippen LogP contribution < -0.4 is 0 Å². The van der Waals surface area contributed by atoms with Crippen molar-refractivity contribution in [1.29, 1.82) is 0 Å². The molecule has 0 saturated carbocycles. The van der Waals surface area contributed by atoms with Crippen molar-refractivity contribution in [2.24, 2.45) is 0 Å². The Morgan fingerprint density at radius 1 is 1.71 bits per heavy atom. The number of nitrogens with one attached hydrogen (secondary N) is 1. The Morgan fingerprint density at radius 2 is 2.53 bits per heavy atom. The fourth-order valence-corrected chi connectivity index (χ4v) is 2.07. The molecule has 0 radical (unpaired) electrons. The molecular formula is C10H8N4O2S. The van der Waals surface area contributed by atoms with Gasteiger partial charge in [-0.25, -0.2) is 14.8 Å². The van der Waals surface area contributed by atoms with Gasteiger partial charge in [0.2, 0.25) is 0 Å². The second kappa shape index (κ2) is 4.76. The lowest BCUT2D eigenvalue weighted by molar-refractivity contribution is 0.0561. The standard InChI is InChI=1S/C10H8N4O2S/c1-3-4-16-10(15)7-6(2)13-9(17-7)8-11-5-12-14-8/h1,5H,4H2,2H3,(H,11,12,14). The summed E-state index contributed by atoms with van der Waals surface area (Å²) in [6.07, 6.45) is 6.39. The van der Waals surface area contributed by atoms with Gasteiger partial charge in [-0.15, -0.1) is 17.8 Å². The Balaban J connectivity index is 2.26. The molecule has 0 aliphatic carbocycles. The third kappa shape index (κ3) is 2.32. The first-order valence-electron chi connectivity index (χ1n) is 4.66. The molecule has 2 rings (SSSR count). The predicted molar refractivity (Wildman–Crippen MR) is 61.3 cm³/mol. The van der Waals surface area contributed by atoms with E-state index in [1.54, 1.807) is 6.92 Å². The minimum absolute atomic E-state index is 0.0478. The van der Waals surface area contributed by atoms with Gasteiger partial charge in [0.05, 0.1) is 5.69 Å². The maximum Gasteiger partial charge on any atom is 0.351 e. The molecule has 2 aromatic heterocycles. The molecule has 0 bridgehead atoms. The van der Waals surface area contributed by atoms with Crippen LogP contribution in [0.15, 0.2) is 6.33 Å². The number of aryl methyl sites for hydroxylation is 1. The van der Waals surface area contributed by atoms with E-state index >= 15 is 0 Å². The highest BCUT2D eigenvalue weighted by molar-refractivity contribution is 7.16. The zero-order valence-electron chi connectivity index (χ0n) is 8.93. The monoisotopic (exact) mass is 248 g/mol. The molecule has 0 aromatic carbocycles. The molecular weight excluding hydrogens is 240 g/mol. The van der Waals surface area contributed by atoms with Crippen LogP contribution in [0.3, 0.4) is 0 Å². The summed E-state index contributed by atoms with van der Waals surface area (Å²) in [4.78, 5) is 20.2. The van der Waals surface area contributed by atoms with E-state index in [2.05, 4.69) is 26.1 Å². The van der Waals surface area contributed by atoms with Crippen LogP contribution in [0.2, 0.25) is 0 Å². The van der Waals surface area contributed by atoms with Crippen LogP contribution in [0.4, 0.5) is 0 Å². The number of aromatic amines is 1. The second-order valence-electron chi connectivity index (χ2n) is 3.05. The highest BCUT2D eigenvalue weighted by Gasteiger charge is 2.18. The van der Waals surface area contributed by atoms with E-state index in [4.69, 9.17) is 11.2 Å². The number of H-pyrrole nitrogens is 1. The molecule has 2 heterocycles. The number of thiazole rings is 1. The molecule has 0 unspecified atom stereocenters. The molecule has 0 atom stereocenters. The predicted octanol–water partition coefficient (Wildman–Crippen LogP) is 1.03. The summed E-state index contributed by atoms with van der Waals surface area (Å²) < 4.78 is 4.84. The third-order valence-electron chi connectivity index (χ3n) is 1.89. The highest BCUT2D eigenvalue weighted by Crippen LogP contribution is 2.25. The zero-order valence-corrected chi connectivity index (χ0v) is 9.74. The Morgan fingerprint density at radius 3 is 3.18 bits per heavy atom. The average Bonchev–Trinajstić information content (AvgIpc) is 2.94. The van der Waals surface area contributed by atoms with Crippen molar-refractivity contribution in [2.75, 3.05) is 6.61 Å². The van der Waals surface area contributed by atoms with Gasteiger partial charge in [-0.05, 0) is 6.92 Å². The smallest absolute Gasteiger partial charge is 0.351 e. The first-order chi connectivity index (χ1) is 8.22. The second-order valence-corrected chi connectivity index (χ2v) is 4.05. The Kier molecular flexibility index (Phi) is 3.16. The van der Waals surface area contributed by atoms with Crippen LogP contribution in [0, 0.1) is 19.3 Å². The number of aromatic nitrogens is 4. The van der Waals surface area contributed by atoms with Crippen molar-refractivity contribution in [2.45, 2.75) is 6.92 Å². The number of rotatable bonds is 3. The maximum absolute atomic E-state index is 11.6. The molecule has 0 aliphatic heterocycles. The van der Waals surface area contributed by atoms with Gasteiger partial charge in [0.25, 0.3) is 0 Å². The van der Waals surface area contributed by atoms with E-state index in [1.165, 1.54) is 17.7 Å². The summed E-state index contributed by atoms with van der Waals surface area (Å²) in [5.41, 5.74) is 0.587. The van der Waals surface area contributed by atoms with Gasteiger partial charge < -0.3 is 4.74 Å². The molecule has 6 nitrogen and oxygen atoms in total. The largest absolute Gasteiger partial charge is 0.448 e. The lowest BCUT2D eigenvalue weighted by atomic mass is 10.4. The van der Waals surface area contributed by atoms with E-state index in [0.29, 0.717) is 21.4 Å². The van der Waals surface area contributed by atoms with Crippen molar-refractivity contribution >= 4 is 17.3 Å². The molecule has 86 valence electrons. The first kappa shape index (κ1) is 11.3. The minimum atomic E-state index is -0.469. The number of hydrogen-bond donors (Lipinski definition) is 1. The van der Waals surface area contributed by atoms with Crippen LogP contribution in [0.5, 0.6) is 0 Å². The van der Waals surface area contributed by atoms with Gasteiger partial charge in [0.15, 0.2) is 17.4 Å². The first-order valence-corrected chi connectivity index (χ1v) is 5.47. The summed E-state index contributed by atoms with van der Waals surface area (Å²) in [7, 11) is 0. The van der Waals surface area contributed by atoms with Crippen molar-refractivity contribution in [1.82, 2.24) is 20.2 Å². The van der Waals surface area contributed by atoms with Gasteiger partial charge in [-0.1, -0.05) is 5.92 Å². The molecule has 1 N–H and O–H groups in total. The van der Waals surface area contributed by atoms with Crippen LogP contribution in [0.25, 0.3) is 10.8 Å². The third-order valence-corrected chi connectivity index (χ3v) is 3.03. The van der Waals surface area contributed by atoms with Gasteiger partial charge in [0, 0.05) is 0 Å². The van der Waals surface area contributed by atoms with Gasteiger partial charge in [-0.3, -0.25) is 5.10 Å². The minimum Gasteiger partial charge on any atom is -0.448 e. The van der Waals surface area contributed by atoms with Crippen LogP contribution in [-0.4, -0.2) is 32.7 Å². The van der Waals surface area contributed by atoms with E-state index in [0.717, 1.165) is 0 Å². The molecule has 0 spiro atoms.